The Balaban J connectivity index is 2.11. The van der Waals surface area contributed by atoms with Crippen molar-refractivity contribution >= 4 is 54.5 Å². The van der Waals surface area contributed by atoms with Gasteiger partial charge >= 0.3 is 0 Å². The fraction of sp³-hybridized carbons (Fsp3) is 0.167. The van der Waals surface area contributed by atoms with Gasteiger partial charge in [-0.2, -0.15) is 5.10 Å². The molecular weight excluding hydrogens is 394 g/mol. The molecule has 0 fully saturated rings. The van der Waals surface area contributed by atoms with Gasteiger partial charge in [-0.15, -0.1) is 11.3 Å². The highest BCUT2D eigenvalue weighted by Gasteiger charge is 2.07. The van der Waals surface area contributed by atoms with E-state index < -0.39 is 0 Å². The number of nitrogens with one attached hydrogen (secondary N) is 1. The van der Waals surface area contributed by atoms with Gasteiger partial charge in [-0.1, -0.05) is 0 Å². The van der Waals surface area contributed by atoms with Gasteiger partial charge < -0.3 is 4.74 Å². The number of hydrogen-bond donors (Lipinski definition) is 1. The lowest BCUT2D eigenvalue weighted by Gasteiger charge is -2.09. The van der Waals surface area contributed by atoms with Crippen LogP contribution in [0.25, 0.3) is 0 Å². The number of ether oxygens (including phenoxy) is 1. The summed E-state index contributed by atoms with van der Waals surface area (Å²) in [6.07, 6.45) is 3.46. The van der Waals surface area contributed by atoms with E-state index in [2.05, 4.69) is 47.4 Å². The van der Waals surface area contributed by atoms with Crippen LogP contribution in [0.15, 0.2) is 37.8 Å². The second-order valence-electron chi connectivity index (χ2n) is 3.45. The quantitative estimate of drug-likeness (QED) is 0.588. The molecule has 1 heterocycles. The van der Waals surface area contributed by atoms with Crippen LogP contribution in [0.1, 0.15) is 12.5 Å². The van der Waals surface area contributed by atoms with Gasteiger partial charge in [-0.05, 0) is 56.5 Å². The maximum atomic E-state index is 5.52. The van der Waals surface area contributed by atoms with Crippen LogP contribution >= 0.6 is 43.2 Å². The average molecular weight is 405 g/mol. The second-order valence-corrected chi connectivity index (χ2v) is 6.06. The molecule has 1 aromatic carbocycles. The van der Waals surface area contributed by atoms with Crippen LogP contribution in [0.3, 0.4) is 0 Å². The highest BCUT2D eigenvalue weighted by atomic mass is 79.9. The largest absolute Gasteiger partial charge is 0.492 e. The van der Waals surface area contributed by atoms with E-state index in [4.69, 9.17) is 4.74 Å². The first kappa shape index (κ1) is 14.5. The van der Waals surface area contributed by atoms with Gasteiger partial charge in [0.1, 0.15) is 5.75 Å². The summed E-state index contributed by atoms with van der Waals surface area (Å²) in [5.41, 5.74) is 3.82. The molecule has 7 heteroatoms. The van der Waals surface area contributed by atoms with E-state index in [1.54, 1.807) is 12.4 Å². The van der Waals surface area contributed by atoms with Crippen LogP contribution < -0.4 is 10.2 Å². The molecule has 0 amide bonds. The smallest absolute Gasteiger partial charge is 0.203 e. The maximum Gasteiger partial charge on any atom is 0.203 e. The minimum atomic E-state index is 0.621. The van der Waals surface area contributed by atoms with Gasteiger partial charge in [-0.3, -0.25) is 5.43 Å². The molecule has 4 nitrogen and oxygen atoms in total. The van der Waals surface area contributed by atoms with E-state index in [9.17, 15) is 0 Å². The van der Waals surface area contributed by atoms with Crippen LogP contribution in [0.4, 0.5) is 5.13 Å². The first-order valence-electron chi connectivity index (χ1n) is 5.51. The summed E-state index contributed by atoms with van der Waals surface area (Å²) in [7, 11) is 0. The molecule has 0 unspecified atom stereocenters. The number of rotatable bonds is 5. The van der Waals surface area contributed by atoms with E-state index in [0.29, 0.717) is 6.61 Å². The lowest BCUT2D eigenvalue weighted by Crippen LogP contribution is -1.95. The highest BCUT2D eigenvalue weighted by Crippen LogP contribution is 2.34. The molecule has 2 rings (SSSR count). The third kappa shape index (κ3) is 4.02. The maximum absolute atomic E-state index is 5.52. The number of hydrogen-bond acceptors (Lipinski definition) is 5. The Morgan fingerprint density at radius 1 is 1.42 bits per heavy atom. The molecule has 0 saturated carbocycles. The molecule has 0 spiro atoms. The SMILES string of the molecule is CCOc1c(Br)cc(/C=N\Nc2nccs2)cc1Br. The Kier molecular flexibility index (Phi) is 5.35. The zero-order valence-electron chi connectivity index (χ0n) is 10.1. The first-order chi connectivity index (χ1) is 9.20. The van der Waals surface area contributed by atoms with Crippen LogP contribution in [-0.4, -0.2) is 17.8 Å². The zero-order chi connectivity index (χ0) is 13.7. The molecule has 100 valence electrons. The standard InChI is InChI=1S/C12H11Br2N3OS/c1-2-18-11-9(13)5-8(6-10(11)14)7-16-17-12-15-3-4-19-12/h3-7H,2H2,1H3,(H,15,17)/b16-7-. The number of nitrogens with zero attached hydrogens (tertiary/aromatic N) is 2. The van der Waals surface area contributed by atoms with Crippen molar-refractivity contribution in [2.24, 2.45) is 5.10 Å². The number of halogens is 2. The Labute approximate surface area is 132 Å². The van der Waals surface area contributed by atoms with Gasteiger partial charge in [0.25, 0.3) is 0 Å². The molecule has 0 aliphatic heterocycles. The van der Waals surface area contributed by atoms with Crippen LogP contribution in [-0.2, 0) is 0 Å². The average Bonchev–Trinajstić information content (AvgIpc) is 2.87. The van der Waals surface area contributed by atoms with Gasteiger partial charge in [0.2, 0.25) is 5.13 Å². The molecule has 0 bridgehead atoms. The fourth-order valence-corrected chi connectivity index (χ4v) is 3.31. The van der Waals surface area contributed by atoms with E-state index in [0.717, 1.165) is 25.4 Å². The Hall–Kier alpha value is -0.920. The van der Waals surface area contributed by atoms with Gasteiger partial charge in [0.05, 0.1) is 21.8 Å². The monoisotopic (exact) mass is 403 g/mol. The molecule has 0 aliphatic carbocycles. The minimum absolute atomic E-state index is 0.621. The van der Waals surface area contributed by atoms with Gasteiger partial charge in [0, 0.05) is 11.6 Å². The molecule has 19 heavy (non-hydrogen) atoms. The van der Waals surface area contributed by atoms with Crippen LogP contribution in [0, 0.1) is 0 Å². The minimum Gasteiger partial charge on any atom is -0.492 e. The summed E-state index contributed by atoms with van der Waals surface area (Å²) in [6.45, 7) is 2.57. The molecule has 1 N–H and O–H groups in total. The van der Waals surface area contributed by atoms with Crippen molar-refractivity contribution in [3.05, 3.63) is 38.2 Å². The van der Waals surface area contributed by atoms with Crippen molar-refractivity contribution in [2.75, 3.05) is 12.0 Å². The number of thiazole rings is 1. The summed E-state index contributed by atoms with van der Waals surface area (Å²) >= 11 is 8.46. The summed E-state index contributed by atoms with van der Waals surface area (Å²) in [4.78, 5) is 4.08. The summed E-state index contributed by atoms with van der Waals surface area (Å²) in [5.74, 6) is 0.799. The van der Waals surface area contributed by atoms with E-state index in [1.165, 1.54) is 11.3 Å². The van der Waals surface area contributed by atoms with Crippen molar-refractivity contribution in [3.63, 3.8) is 0 Å². The molecule has 0 aliphatic rings. The van der Waals surface area contributed by atoms with E-state index >= 15 is 0 Å². The Morgan fingerprint density at radius 3 is 2.74 bits per heavy atom. The summed E-state index contributed by atoms with van der Waals surface area (Å²) in [6, 6.07) is 3.89. The molecule has 2 aromatic rings. The second kappa shape index (κ2) is 7.02. The van der Waals surface area contributed by atoms with Crippen molar-refractivity contribution in [3.8, 4) is 5.75 Å². The highest BCUT2D eigenvalue weighted by molar-refractivity contribution is 9.11. The van der Waals surface area contributed by atoms with Crippen molar-refractivity contribution in [1.29, 1.82) is 0 Å². The molecule has 0 saturated heterocycles. The molecule has 0 radical (unpaired) electrons. The number of anilines is 1. The van der Waals surface area contributed by atoms with Gasteiger partial charge in [0.15, 0.2) is 0 Å². The molecular formula is C12H11Br2N3OS. The van der Waals surface area contributed by atoms with E-state index in [1.807, 2.05) is 24.4 Å². The van der Waals surface area contributed by atoms with Crippen molar-refractivity contribution < 1.29 is 4.74 Å². The molecule has 0 atom stereocenters. The number of hydrazone groups is 1. The third-order valence-electron chi connectivity index (χ3n) is 2.12. The lowest BCUT2D eigenvalue weighted by molar-refractivity contribution is 0.336. The Bertz CT molecular complexity index is 549. The topological polar surface area (TPSA) is 46.5 Å². The Morgan fingerprint density at radius 2 is 2.16 bits per heavy atom. The van der Waals surface area contributed by atoms with Crippen LogP contribution in [0.2, 0.25) is 0 Å². The van der Waals surface area contributed by atoms with Crippen molar-refractivity contribution in [2.45, 2.75) is 6.92 Å². The van der Waals surface area contributed by atoms with E-state index in [-0.39, 0.29) is 0 Å². The third-order valence-corrected chi connectivity index (χ3v) is 3.97. The zero-order valence-corrected chi connectivity index (χ0v) is 14.0. The first-order valence-corrected chi connectivity index (χ1v) is 7.97. The fourth-order valence-electron chi connectivity index (χ4n) is 1.38. The number of benzene rings is 1. The number of aromatic nitrogens is 1. The normalized spacial score (nSPS) is 10.9. The summed E-state index contributed by atoms with van der Waals surface area (Å²) in [5, 5.41) is 6.79. The van der Waals surface area contributed by atoms with Crippen LogP contribution in [0.5, 0.6) is 5.75 Å². The lowest BCUT2D eigenvalue weighted by atomic mass is 10.2. The predicted octanol–water partition coefficient (Wildman–Crippen LogP) is 4.51. The van der Waals surface area contributed by atoms with Crippen molar-refractivity contribution in [1.82, 2.24) is 4.98 Å². The predicted molar refractivity (Wildman–Crippen MR) is 86.3 cm³/mol. The summed E-state index contributed by atoms with van der Waals surface area (Å²) < 4.78 is 7.30. The van der Waals surface area contributed by atoms with Gasteiger partial charge in [-0.25, -0.2) is 4.98 Å². The molecule has 1 aromatic heterocycles.